The number of urea groups is 1. The predicted molar refractivity (Wildman–Crippen MR) is 76.2 cm³/mol. The number of rotatable bonds is 6. The van der Waals surface area contributed by atoms with Crippen LogP contribution >= 0.6 is 0 Å². The standard InChI is InChI=1S/C14H20N2O4/c1-9(8-20-3)7-15-14(19)16-11-4-5-12(13(17)18)10(2)6-11/h4-6,9H,7-8H2,1-3H3,(H,17,18)(H2,15,16,19). The molecule has 6 heteroatoms. The molecule has 1 aromatic rings. The second kappa shape index (κ2) is 7.49. The van der Waals surface area contributed by atoms with Gasteiger partial charge in [0.25, 0.3) is 0 Å². The number of anilines is 1. The molecule has 0 aliphatic heterocycles. The fourth-order valence-corrected chi connectivity index (χ4v) is 1.77. The van der Waals surface area contributed by atoms with Gasteiger partial charge in [0.15, 0.2) is 0 Å². The van der Waals surface area contributed by atoms with Crippen molar-refractivity contribution in [1.82, 2.24) is 5.32 Å². The maximum atomic E-state index is 11.7. The number of amides is 2. The minimum Gasteiger partial charge on any atom is -0.478 e. The molecule has 0 spiro atoms. The lowest BCUT2D eigenvalue weighted by Gasteiger charge is -2.13. The average Bonchev–Trinajstić information content (AvgIpc) is 2.36. The Morgan fingerprint density at radius 1 is 1.40 bits per heavy atom. The fraction of sp³-hybridized carbons (Fsp3) is 0.429. The molecule has 3 N–H and O–H groups in total. The summed E-state index contributed by atoms with van der Waals surface area (Å²) in [4.78, 5) is 22.6. The highest BCUT2D eigenvalue weighted by Gasteiger charge is 2.09. The molecule has 6 nitrogen and oxygen atoms in total. The Labute approximate surface area is 118 Å². The lowest BCUT2D eigenvalue weighted by molar-refractivity contribution is 0.0696. The van der Waals surface area contributed by atoms with Gasteiger partial charge in [-0.2, -0.15) is 0 Å². The Hall–Kier alpha value is -2.08. The van der Waals surface area contributed by atoms with Crippen LogP contribution in [-0.2, 0) is 4.74 Å². The molecule has 0 bridgehead atoms. The van der Waals surface area contributed by atoms with Gasteiger partial charge in [0, 0.05) is 19.3 Å². The summed E-state index contributed by atoms with van der Waals surface area (Å²) in [6.45, 7) is 4.74. The largest absolute Gasteiger partial charge is 0.478 e. The highest BCUT2D eigenvalue weighted by Crippen LogP contribution is 2.15. The summed E-state index contributed by atoms with van der Waals surface area (Å²) < 4.78 is 4.98. The molecule has 1 unspecified atom stereocenters. The van der Waals surface area contributed by atoms with Crippen LogP contribution in [0, 0.1) is 12.8 Å². The van der Waals surface area contributed by atoms with E-state index >= 15 is 0 Å². The Bertz CT molecular complexity index is 488. The third-order valence-corrected chi connectivity index (χ3v) is 2.78. The number of nitrogens with one attached hydrogen (secondary N) is 2. The van der Waals surface area contributed by atoms with Gasteiger partial charge in [-0.3, -0.25) is 0 Å². The number of hydrogen-bond donors (Lipinski definition) is 3. The number of ether oxygens (including phenoxy) is 1. The van der Waals surface area contributed by atoms with E-state index in [0.29, 0.717) is 24.4 Å². The number of carbonyl (C=O) groups is 2. The molecule has 0 aliphatic carbocycles. The molecule has 0 aromatic heterocycles. The minimum atomic E-state index is -0.980. The maximum Gasteiger partial charge on any atom is 0.335 e. The van der Waals surface area contributed by atoms with Crippen molar-refractivity contribution in [2.45, 2.75) is 13.8 Å². The summed E-state index contributed by atoms with van der Waals surface area (Å²) in [5, 5.41) is 14.3. The zero-order valence-electron chi connectivity index (χ0n) is 11.9. The number of carboxylic acid groups (broad SMARTS) is 1. The first-order chi connectivity index (χ1) is 9.43. The molecule has 1 aromatic carbocycles. The van der Waals surface area contributed by atoms with E-state index in [9.17, 15) is 9.59 Å². The lowest BCUT2D eigenvalue weighted by Crippen LogP contribution is -2.33. The van der Waals surface area contributed by atoms with Crippen LogP contribution in [0.15, 0.2) is 18.2 Å². The van der Waals surface area contributed by atoms with E-state index in [2.05, 4.69) is 10.6 Å². The molecule has 0 aliphatic rings. The third-order valence-electron chi connectivity index (χ3n) is 2.78. The van der Waals surface area contributed by atoms with Crippen molar-refractivity contribution in [3.05, 3.63) is 29.3 Å². The molecule has 20 heavy (non-hydrogen) atoms. The number of aryl methyl sites for hydroxylation is 1. The van der Waals surface area contributed by atoms with Gasteiger partial charge in [-0.1, -0.05) is 6.92 Å². The van der Waals surface area contributed by atoms with Gasteiger partial charge in [-0.15, -0.1) is 0 Å². The molecule has 2 amide bonds. The Kier molecular flexibility index (Phi) is 5.99. The van der Waals surface area contributed by atoms with Crippen LogP contribution in [0.1, 0.15) is 22.8 Å². The molecule has 0 saturated carbocycles. The number of carbonyl (C=O) groups excluding carboxylic acids is 1. The zero-order chi connectivity index (χ0) is 15.1. The summed E-state index contributed by atoms with van der Waals surface area (Å²) in [6.07, 6.45) is 0. The minimum absolute atomic E-state index is 0.224. The van der Waals surface area contributed by atoms with Crippen molar-refractivity contribution in [1.29, 1.82) is 0 Å². The van der Waals surface area contributed by atoms with Gasteiger partial charge >= 0.3 is 12.0 Å². The van der Waals surface area contributed by atoms with Crippen molar-refractivity contribution >= 4 is 17.7 Å². The first-order valence-electron chi connectivity index (χ1n) is 6.31. The fourth-order valence-electron chi connectivity index (χ4n) is 1.77. The molecule has 1 rings (SSSR count). The molecular formula is C14H20N2O4. The van der Waals surface area contributed by atoms with Crippen LogP contribution in [0.25, 0.3) is 0 Å². The van der Waals surface area contributed by atoms with Crippen LogP contribution in [0.4, 0.5) is 10.5 Å². The average molecular weight is 280 g/mol. The number of hydrogen-bond acceptors (Lipinski definition) is 3. The first kappa shape index (κ1) is 16.0. The lowest BCUT2D eigenvalue weighted by atomic mass is 10.1. The van der Waals surface area contributed by atoms with Crippen LogP contribution < -0.4 is 10.6 Å². The van der Waals surface area contributed by atoms with Gasteiger partial charge in [0.2, 0.25) is 0 Å². The van der Waals surface area contributed by atoms with E-state index in [1.165, 1.54) is 6.07 Å². The van der Waals surface area contributed by atoms with Crippen LogP contribution in [0.3, 0.4) is 0 Å². The third kappa shape index (κ3) is 4.89. The normalized spacial score (nSPS) is 11.8. The van der Waals surface area contributed by atoms with E-state index in [0.717, 1.165) is 0 Å². The first-order valence-corrected chi connectivity index (χ1v) is 6.31. The van der Waals surface area contributed by atoms with Crippen molar-refractivity contribution < 1.29 is 19.4 Å². The van der Waals surface area contributed by atoms with Gasteiger partial charge in [0.05, 0.1) is 12.2 Å². The summed E-state index contributed by atoms with van der Waals surface area (Å²) >= 11 is 0. The van der Waals surface area contributed by atoms with E-state index in [1.54, 1.807) is 26.2 Å². The van der Waals surface area contributed by atoms with Crippen molar-refractivity contribution in [3.8, 4) is 0 Å². The zero-order valence-corrected chi connectivity index (χ0v) is 11.9. The number of benzene rings is 1. The monoisotopic (exact) mass is 280 g/mol. The summed E-state index contributed by atoms with van der Waals surface area (Å²) in [7, 11) is 1.61. The molecular weight excluding hydrogens is 260 g/mol. The summed E-state index contributed by atoms with van der Waals surface area (Å²) in [5.41, 5.74) is 1.39. The van der Waals surface area contributed by atoms with Crippen LogP contribution in [0.2, 0.25) is 0 Å². The molecule has 110 valence electrons. The Balaban J connectivity index is 2.54. The van der Waals surface area contributed by atoms with E-state index in [1.807, 2.05) is 6.92 Å². The molecule has 0 fully saturated rings. The van der Waals surface area contributed by atoms with Gasteiger partial charge in [-0.25, -0.2) is 9.59 Å². The highest BCUT2D eigenvalue weighted by atomic mass is 16.5. The quantitative estimate of drug-likeness (QED) is 0.744. The smallest absolute Gasteiger partial charge is 0.335 e. The second-order valence-electron chi connectivity index (χ2n) is 4.73. The van der Waals surface area contributed by atoms with Crippen LogP contribution in [-0.4, -0.2) is 37.4 Å². The second-order valence-corrected chi connectivity index (χ2v) is 4.73. The van der Waals surface area contributed by atoms with Crippen molar-refractivity contribution in [2.75, 3.05) is 25.6 Å². The topological polar surface area (TPSA) is 87.7 Å². The number of methoxy groups -OCH3 is 1. The predicted octanol–water partition coefficient (Wildman–Crippen LogP) is 2.10. The highest BCUT2D eigenvalue weighted by molar-refractivity contribution is 5.92. The Morgan fingerprint density at radius 2 is 2.10 bits per heavy atom. The Morgan fingerprint density at radius 3 is 2.65 bits per heavy atom. The van der Waals surface area contributed by atoms with Gasteiger partial charge in [0.1, 0.15) is 0 Å². The van der Waals surface area contributed by atoms with Gasteiger partial charge < -0.3 is 20.5 Å². The van der Waals surface area contributed by atoms with Crippen LogP contribution in [0.5, 0.6) is 0 Å². The van der Waals surface area contributed by atoms with Gasteiger partial charge in [-0.05, 0) is 36.6 Å². The number of aromatic carboxylic acids is 1. The maximum absolute atomic E-state index is 11.7. The molecule has 0 saturated heterocycles. The summed E-state index contributed by atoms with van der Waals surface area (Å²) in [5.74, 6) is -0.756. The molecule has 1 atom stereocenters. The van der Waals surface area contributed by atoms with Crippen molar-refractivity contribution in [3.63, 3.8) is 0 Å². The molecule has 0 radical (unpaired) electrons. The SMILES string of the molecule is COCC(C)CNC(=O)Nc1ccc(C(=O)O)c(C)c1. The van der Waals surface area contributed by atoms with E-state index in [-0.39, 0.29) is 17.5 Å². The van der Waals surface area contributed by atoms with E-state index in [4.69, 9.17) is 9.84 Å². The number of carboxylic acids is 1. The summed E-state index contributed by atoms with van der Waals surface area (Å²) in [6, 6.07) is 4.34. The van der Waals surface area contributed by atoms with Crippen molar-refractivity contribution in [2.24, 2.45) is 5.92 Å². The van der Waals surface area contributed by atoms with E-state index < -0.39 is 5.97 Å². The molecule has 0 heterocycles.